The number of amides is 1. The van der Waals surface area contributed by atoms with Gasteiger partial charge in [0, 0.05) is 19.0 Å². The molecular weight excluding hydrogens is 422 g/mol. The number of likely N-dealkylation sites (tertiary alicyclic amines) is 1. The van der Waals surface area contributed by atoms with Gasteiger partial charge in [-0.1, -0.05) is 26.8 Å². The van der Waals surface area contributed by atoms with E-state index in [-0.39, 0.29) is 63.2 Å². The molecule has 2 radical (unpaired) electrons. The molecule has 1 heterocycles. The third-order valence-electron chi connectivity index (χ3n) is 2.83. The van der Waals surface area contributed by atoms with Crippen molar-refractivity contribution in [2.45, 2.75) is 27.2 Å². The van der Waals surface area contributed by atoms with E-state index in [4.69, 9.17) is 0 Å². The second-order valence-electron chi connectivity index (χ2n) is 5.66. The van der Waals surface area contributed by atoms with Gasteiger partial charge in [-0.25, -0.2) is 0 Å². The van der Waals surface area contributed by atoms with Crippen LogP contribution in [0.4, 0.5) is 0 Å². The largest absolute Gasteiger partial charge is 1.00 e. The molecule has 4 heteroatoms. The van der Waals surface area contributed by atoms with Crippen LogP contribution >= 0.6 is 0 Å². The topological polar surface area (TPSA) is 20.3 Å². The van der Waals surface area contributed by atoms with Gasteiger partial charge >= 0.3 is 27.7 Å². The van der Waals surface area contributed by atoms with Gasteiger partial charge in [0.1, 0.15) is 0 Å². The van der Waals surface area contributed by atoms with E-state index in [1.807, 2.05) is 4.90 Å². The molecule has 94 valence electrons. The molecule has 0 aromatic carbocycles. The molecule has 1 fully saturated rings. The second kappa shape index (κ2) is 7.78. The summed E-state index contributed by atoms with van der Waals surface area (Å²) < 4.78 is 0. The molecule has 0 aliphatic carbocycles. The molecule has 0 aromatic heterocycles. The molecular formula is C13H22ClHgNO. The van der Waals surface area contributed by atoms with Crippen LogP contribution in [0.5, 0.6) is 0 Å². The molecule has 1 aliphatic rings. The Bertz CT molecular complexity index is 263. The molecule has 1 rings (SSSR count). The summed E-state index contributed by atoms with van der Waals surface area (Å²) >= 11 is 0. The summed E-state index contributed by atoms with van der Waals surface area (Å²) in [7, 11) is 0. The minimum atomic E-state index is 0. The molecule has 17 heavy (non-hydrogen) atoms. The standard InChI is InChI=1S/C13H22NO.ClH.Hg/c1-6-7-14-9-10(2)11(12(14)15)8-13(3,4)5;;/h6,10-11H,1-2,7-9H2,3-5H3;1H;/q;;+1/p-1/t10-,11+;;/m1../s1. The van der Waals surface area contributed by atoms with Crippen molar-refractivity contribution in [1.29, 1.82) is 0 Å². The molecule has 2 nitrogen and oxygen atoms in total. The van der Waals surface area contributed by atoms with Crippen LogP contribution < -0.4 is 12.4 Å². The van der Waals surface area contributed by atoms with Crippen LogP contribution in [0.25, 0.3) is 0 Å². The quantitative estimate of drug-likeness (QED) is 0.426. The zero-order valence-electron chi connectivity index (χ0n) is 11.2. The zero-order chi connectivity index (χ0) is 11.6. The van der Waals surface area contributed by atoms with E-state index in [1.165, 1.54) is 0 Å². The summed E-state index contributed by atoms with van der Waals surface area (Å²) in [5, 5.41) is 0. The monoisotopic (exact) mass is 445 g/mol. The van der Waals surface area contributed by atoms with Gasteiger partial charge in [0.25, 0.3) is 0 Å². The van der Waals surface area contributed by atoms with Gasteiger partial charge in [0.05, 0.1) is 0 Å². The van der Waals surface area contributed by atoms with E-state index < -0.39 is 0 Å². The minimum Gasteiger partial charge on any atom is -1.00 e. The van der Waals surface area contributed by atoms with Crippen LogP contribution in [0.2, 0.25) is 0 Å². The van der Waals surface area contributed by atoms with Crippen molar-refractivity contribution in [3.05, 3.63) is 19.6 Å². The van der Waals surface area contributed by atoms with E-state index in [0.29, 0.717) is 6.54 Å². The number of carbonyl (C=O) groups excluding carboxylic acids is 1. The number of hydrogen-bond acceptors (Lipinski definition) is 1. The third-order valence-corrected chi connectivity index (χ3v) is 2.83. The first-order valence-electron chi connectivity index (χ1n) is 5.58. The molecule has 0 bridgehead atoms. The van der Waals surface area contributed by atoms with Crippen molar-refractivity contribution in [3.63, 3.8) is 0 Å². The zero-order valence-corrected chi connectivity index (χ0v) is 17.5. The summed E-state index contributed by atoms with van der Waals surface area (Å²) in [6.45, 7) is 15.7. The summed E-state index contributed by atoms with van der Waals surface area (Å²) in [6.07, 6.45) is 2.71. The van der Waals surface area contributed by atoms with E-state index in [9.17, 15) is 4.79 Å². The van der Waals surface area contributed by atoms with Gasteiger partial charge in [0.15, 0.2) is 0 Å². The Morgan fingerprint density at radius 3 is 2.41 bits per heavy atom. The Kier molecular flexibility index (Phi) is 9.05. The molecule has 2 atom stereocenters. The van der Waals surface area contributed by atoms with Gasteiger partial charge in [-0.15, -0.1) is 6.58 Å². The molecule has 0 saturated carbocycles. The molecule has 0 spiro atoms. The van der Waals surface area contributed by atoms with Crippen molar-refractivity contribution in [3.8, 4) is 0 Å². The smallest absolute Gasteiger partial charge is 1.00 e. The molecule has 0 N–H and O–H groups in total. The average Bonchev–Trinajstić information content (AvgIpc) is 2.32. The van der Waals surface area contributed by atoms with Crippen LogP contribution in [0.1, 0.15) is 27.2 Å². The van der Waals surface area contributed by atoms with Crippen LogP contribution in [0.3, 0.4) is 0 Å². The first-order valence-corrected chi connectivity index (χ1v) is 5.58. The molecule has 1 aliphatic heterocycles. The number of rotatable bonds is 3. The van der Waals surface area contributed by atoms with E-state index in [0.717, 1.165) is 13.0 Å². The fourth-order valence-corrected chi connectivity index (χ4v) is 2.17. The van der Waals surface area contributed by atoms with Crippen molar-refractivity contribution in [1.82, 2.24) is 4.90 Å². The molecule has 0 aromatic rings. The molecule has 1 saturated heterocycles. The minimum absolute atomic E-state index is 0. The van der Waals surface area contributed by atoms with E-state index >= 15 is 0 Å². The molecule has 1 amide bonds. The Hall–Kier alpha value is 0.435. The first kappa shape index (κ1) is 19.8. The van der Waals surface area contributed by atoms with Crippen LogP contribution in [-0.4, -0.2) is 23.9 Å². The third kappa shape index (κ3) is 5.74. The Balaban J connectivity index is 0. The number of halogens is 1. The van der Waals surface area contributed by atoms with Crippen LogP contribution in [-0.2, 0) is 32.5 Å². The number of hydrogen-bond donors (Lipinski definition) is 0. The SMILES string of the molecule is [CH2][C@@H]1CN(CC=C)C(=O)[C@H]1CC(C)(C)C.[Cl-].[Hg+]. The number of nitrogens with zero attached hydrogens (tertiary/aromatic N) is 1. The predicted octanol–water partition coefficient (Wildman–Crippen LogP) is -0.481. The van der Waals surface area contributed by atoms with E-state index in [2.05, 4.69) is 34.3 Å². The Labute approximate surface area is 132 Å². The van der Waals surface area contributed by atoms with Gasteiger partial charge in [-0.3, -0.25) is 4.79 Å². The van der Waals surface area contributed by atoms with Gasteiger partial charge < -0.3 is 17.3 Å². The first-order chi connectivity index (χ1) is 6.85. The fraction of sp³-hybridized carbons (Fsp3) is 0.692. The maximum atomic E-state index is 12.0. The van der Waals surface area contributed by atoms with Gasteiger partial charge in [-0.05, 0) is 24.7 Å². The second-order valence-corrected chi connectivity index (χ2v) is 5.66. The fourth-order valence-electron chi connectivity index (χ4n) is 2.17. The van der Waals surface area contributed by atoms with Crippen molar-refractivity contribution in [2.24, 2.45) is 17.3 Å². The summed E-state index contributed by atoms with van der Waals surface area (Å²) in [5.41, 5.74) is 0.195. The van der Waals surface area contributed by atoms with Crippen molar-refractivity contribution in [2.75, 3.05) is 13.1 Å². The average molecular weight is 444 g/mol. The summed E-state index contributed by atoms with van der Waals surface area (Å²) in [6, 6.07) is 0. The normalized spacial score (nSPS) is 24.0. The summed E-state index contributed by atoms with van der Waals surface area (Å²) in [4.78, 5) is 13.9. The van der Waals surface area contributed by atoms with E-state index in [1.54, 1.807) is 6.08 Å². The van der Waals surface area contributed by atoms with Crippen molar-refractivity contribution < 1.29 is 44.9 Å². The summed E-state index contributed by atoms with van der Waals surface area (Å²) in [5.74, 6) is 0.589. The van der Waals surface area contributed by atoms with Gasteiger partial charge in [-0.2, -0.15) is 0 Å². The number of carbonyl (C=O) groups is 1. The Morgan fingerprint density at radius 2 is 2.00 bits per heavy atom. The van der Waals surface area contributed by atoms with Crippen molar-refractivity contribution >= 4 is 5.91 Å². The Morgan fingerprint density at radius 1 is 1.47 bits per heavy atom. The van der Waals surface area contributed by atoms with Gasteiger partial charge in [0.2, 0.25) is 5.91 Å². The maximum absolute atomic E-state index is 12.0. The van der Waals surface area contributed by atoms with Crippen LogP contribution in [0, 0.1) is 24.2 Å². The molecule has 0 unspecified atom stereocenters. The maximum Gasteiger partial charge on any atom is 1.00 e. The van der Waals surface area contributed by atoms with Crippen LogP contribution in [0.15, 0.2) is 12.7 Å². The predicted molar refractivity (Wildman–Crippen MR) is 63.2 cm³/mol.